The summed E-state index contributed by atoms with van der Waals surface area (Å²) in [6, 6.07) is 11.3. The van der Waals surface area contributed by atoms with Gasteiger partial charge in [0.25, 0.3) is 11.8 Å². The second-order valence-corrected chi connectivity index (χ2v) is 8.80. The van der Waals surface area contributed by atoms with Crippen LogP contribution in [0.3, 0.4) is 0 Å². The lowest BCUT2D eigenvalue weighted by atomic mass is 10.1. The average Bonchev–Trinajstić information content (AvgIpc) is 3.33. The summed E-state index contributed by atoms with van der Waals surface area (Å²) >= 11 is 1.45. The molecule has 2 heterocycles. The molecule has 1 aliphatic rings. The van der Waals surface area contributed by atoms with Crippen molar-refractivity contribution in [1.82, 2.24) is 19.6 Å². The Morgan fingerprint density at radius 1 is 0.968 bits per heavy atom. The lowest BCUT2D eigenvalue weighted by Gasteiger charge is -2.35. The number of nitrogens with zero attached hydrogens (tertiary/aromatic N) is 4. The van der Waals surface area contributed by atoms with Gasteiger partial charge in [-0.3, -0.25) is 19.3 Å². The molecule has 2 aromatic rings. The molecule has 7 nitrogen and oxygen atoms in total. The molecule has 0 bridgehead atoms. The minimum Gasteiger partial charge on any atom is -0.345 e. The molecule has 1 fully saturated rings. The SMILES string of the molecule is CCN(CC(=O)N1CCN(C(=O)c2cccs2)CC1)Cc1ccc(C(=O)N(C)C)cc1. The summed E-state index contributed by atoms with van der Waals surface area (Å²) in [5.41, 5.74) is 1.72. The molecule has 3 rings (SSSR count). The van der Waals surface area contributed by atoms with E-state index in [9.17, 15) is 14.4 Å². The van der Waals surface area contributed by atoms with Gasteiger partial charge < -0.3 is 14.7 Å². The Morgan fingerprint density at radius 2 is 1.61 bits per heavy atom. The molecule has 0 aliphatic carbocycles. The van der Waals surface area contributed by atoms with Gasteiger partial charge in [0.1, 0.15) is 0 Å². The molecule has 1 aromatic heterocycles. The predicted molar refractivity (Wildman–Crippen MR) is 122 cm³/mol. The highest BCUT2D eigenvalue weighted by molar-refractivity contribution is 7.12. The first-order valence-corrected chi connectivity index (χ1v) is 11.4. The zero-order chi connectivity index (χ0) is 22.4. The molecule has 0 unspecified atom stereocenters. The van der Waals surface area contributed by atoms with Crippen molar-refractivity contribution in [3.63, 3.8) is 0 Å². The van der Waals surface area contributed by atoms with Crippen molar-refractivity contribution in [3.8, 4) is 0 Å². The number of amides is 3. The monoisotopic (exact) mass is 442 g/mol. The summed E-state index contributed by atoms with van der Waals surface area (Å²) in [5, 5.41) is 1.90. The number of hydrogen-bond acceptors (Lipinski definition) is 5. The first kappa shape index (κ1) is 23.0. The fourth-order valence-corrected chi connectivity index (χ4v) is 4.25. The molecule has 166 valence electrons. The third-order valence-electron chi connectivity index (χ3n) is 5.47. The number of carbonyl (C=O) groups is 3. The Balaban J connectivity index is 1.50. The molecule has 1 saturated heterocycles. The van der Waals surface area contributed by atoms with Crippen LogP contribution in [0.25, 0.3) is 0 Å². The highest BCUT2D eigenvalue weighted by Crippen LogP contribution is 2.14. The van der Waals surface area contributed by atoms with E-state index in [0.717, 1.165) is 17.0 Å². The highest BCUT2D eigenvalue weighted by atomic mass is 32.1. The molecule has 0 spiro atoms. The van der Waals surface area contributed by atoms with Gasteiger partial charge in [0.15, 0.2) is 0 Å². The van der Waals surface area contributed by atoms with Crippen LogP contribution in [0.1, 0.15) is 32.5 Å². The van der Waals surface area contributed by atoms with Crippen molar-refractivity contribution in [2.45, 2.75) is 13.5 Å². The molecule has 0 atom stereocenters. The number of likely N-dealkylation sites (N-methyl/N-ethyl adjacent to an activating group) is 1. The minimum atomic E-state index is -0.0224. The minimum absolute atomic E-state index is 0.0224. The summed E-state index contributed by atoms with van der Waals surface area (Å²) < 4.78 is 0. The maximum atomic E-state index is 12.8. The number of benzene rings is 1. The quantitative estimate of drug-likeness (QED) is 0.660. The summed E-state index contributed by atoms with van der Waals surface area (Å²) in [7, 11) is 3.47. The van der Waals surface area contributed by atoms with Crippen molar-refractivity contribution in [2.24, 2.45) is 0 Å². The average molecular weight is 443 g/mol. The van der Waals surface area contributed by atoms with Gasteiger partial charge in [0.05, 0.1) is 11.4 Å². The summed E-state index contributed by atoms with van der Waals surface area (Å²) in [6.45, 7) is 6.04. The maximum Gasteiger partial charge on any atom is 0.264 e. The van der Waals surface area contributed by atoms with Crippen molar-refractivity contribution >= 4 is 29.1 Å². The Kier molecular flexibility index (Phi) is 7.81. The van der Waals surface area contributed by atoms with Gasteiger partial charge in [-0.1, -0.05) is 25.1 Å². The van der Waals surface area contributed by atoms with E-state index in [1.165, 1.54) is 11.3 Å². The largest absolute Gasteiger partial charge is 0.345 e. The first-order valence-electron chi connectivity index (χ1n) is 10.5. The molecular weight excluding hydrogens is 412 g/mol. The maximum absolute atomic E-state index is 12.8. The summed E-state index contributed by atoms with van der Waals surface area (Å²) in [4.78, 5) is 45.4. The highest BCUT2D eigenvalue weighted by Gasteiger charge is 2.26. The van der Waals surface area contributed by atoms with E-state index < -0.39 is 0 Å². The number of piperazine rings is 1. The lowest BCUT2D eigenvalue weighted by Crippen LogP contribution is -2.52. The molecule has 0 N–H and O–H groups in total. The Morgan fingerprint density at radius 3 is 2.16 bits per heavy atom. The molecule has 8 heteroatoms. The summed E-state index contributed by atoms with van der Waals surface area (Å²) in [6.07, 6.45) is 0. The fraction of sp³-hybridized carbons (Fsp3) is 0.435. The van der Waals surface area contributed by atoms with Crippen molar-refractivity contribution < 1.29 is 14.4 Å². The van der Waals surface area contributed by atoms with Crippen LogP contribution in [-0.2, 0) is 11.3 Å². The van der Waals surface area contributed by atoms with E-state index in [0.29, 0.717) is 44.8 Å². The smallest absolute Gasteiger partial charge is 0.264 e. The van der Waals surface area contributed by atoms with Gasteiger partial charge in [-0.2, -0.15) is 0 Å². The van der Waals surface area contributed by atoms with Crippen molar-refractivity contribution in [3.05, 3.63) is 57.8 Å². The van der Waals surface area contributed by atoms with Gasteiger partial charge in [-0.25, -0.2) is 0 Å². The van der Waals surface area contributed by atoms with Crippen LogP contribution in [0, 0.1) is 0 Å². The molecule has 3 amide bonds. The molecular formula is C23H30N4O3S. The predicted octanol–water partition coefficient (Wildman–Crippen LogP) is 2.26. The van der Waals surface area contributed by atoms with Crippen LogP contribution in [0.4, 0.5) is 0 Å². The topological polar surface area (TPSA) is 64.2 Å². The van der Waals surface area contributed by atoms with Crippen LogP contribution in [-0.4, -0.2) is 90.7 Å². The van der Waals surface area contributed by atoms with Gasteiger partial charge in [0, 0.05) is 52.4 Å². The van der Waals surface area contributed by atoms with E-state index in [2.05, 4.69) is 4.90 Å². The first-order chi connectivity index (χ1) is 14.9. The van der Waals surface area contributed by atoms with Crippen LogP contribution in [0.2, 0.25) is 0 Å². The van der Waals surface area contributed by atoms with E-state index in [4.69, 9.17) is 0 Å². The normalized spacial score (nSPS) is 14.1. The fourth-order valence-electron chi connectivity index (χ4n) is 3.55. The Bertz CT molecular complexity index is 888. The molecule has 0 saturated carbocycles. The number of carbonyl (C=O) groups excluding carboxylic acids is 3. The van der Waals surface area contributed by atoms with Crippen LogP contribution in [0.15, 0.2) is 41.8 Å². The van der Waals surface area contributed by atoms with Gasteiger partial charge in [-0.15, -0.1) is 11.3 Å². The van der Waals surface area contributed by atoms with Crippen LogP contribution < -0.4 is 0 Å². The van der Waals surface area contributed by atoms with E-state index in [1.807, 2.05) is 58.5 Å². The number of hydrogen-bond donors (Lipinski definition) is 0. The third-order valence-corrected chi connectivity index (χ3v) is 6.33. The van der Waals surface area contributed by atoms with Gasteiger partial charge in [0.2, 0.25) is 5.91 Å². The lowest BCUT2D eigenvalue weighted by molar-refractivity contribution is -0.134. The zero-order valence-corrected chi connectivity index (χ0v) is 19.2. The van der Waals surface area contributed by atoms with Crippen molar-refractivity contribution in [2.75, 3.05) is 53.4 Å². The zero-order valence-electron chi connectivity index (χ0n) is 18.4. The van der Waals surface area contributed by atoms with Crippen LogP contribution >= 0.6 is 11.3 Å². The number of thiophene rings is 1. The molecule has 1 aromatic carbocycles. The third kappa shape index (κ3) is 5.92. The Labute approximate surface area is 187 Å². The molecule has 0 radical (unpaired) electrons. The van der Waals surface area contributed by atoms with Gasteiger partial charge in [-0.05, 0) is 35.7 Å². The number of rotatable bonds is 7. The molecule has 31 heavy (non-hydrogen) atoms. The summed E-state index contributed by atoms with van der Waals surface area (Å²) in [5.74, 6) is 0.115. The molecule has 1 aliphatic heterocycles. The standard InChI is InChI=1S/C23H30N4O3S/c1-4-25(16-18-7-9-19(10-8-18)22(29)24(2)3)17-21(28)26-11-13-27(14-12-26)23(30)20-6-5-15-31-20/h5-10,15H,4,11-14,16-17H2,1-3H3. The van der Waals surface area contributed by atoms with E-state index in [1.54, 1.807) is 19.0 Å². The Hall–Kier alpha value is -2.71. The second-order valence-electron chi connectivity index (χ2n) is 7.85. The van der Waals surface area contributed by atoms with E-state index in [-0.39, 0.29) is 17.7 Å². The second kappa shape index (κ2) is 10.5. The van der Waals surface area contributed by atoms with E-state index >= 15 is 0 Å². The van der Waals surface area contributed by atoms with Crippen molar-refractivity contribution in [1.29, 1.82) is 0 Å². The van der Waals surface area contributed by atoms with Crippen LogP contribution in [0.5, 0.6) is 0 Å². The van der Waals surface area contributed by atoms with Gasteiger partial charge >= 0.3 is 0 Å².